The van der Waals surface area contributed by atoms with Crippen LogP contribution in [0.25, 0.3) is 10.9 Å². The van der Waals surface area contributed by atoms with Gasteiger partial charge in [0.2, 0.25) is 10.0 Å². The number of sulfonamides is 1. The fourth-order valence-corrected chi connectivity index (χ4v) is 4.59. The maximum Gasteiger partial charge on any atom is 0.254 e. The normalized spacial score (nSPS) is 11.5. The average molecular weight is 461 g/mol. The van der Waals surface area contributed by atoms with Gasteiger partial charge in [0.25, 0.3) is 5.91 Å². The van der Waals surface area contributed by atoms with Crippen LogP contribution in [0.3, 0.4) is 0 Å². The zero-order chi connectivity index (χ0) is 23.4. The molecule has 1 aromatic heterocycles. The summed E-state index contributed by atoms with van der Waals surface area (Å²) in [5, 5.41) is 0.969. The van der Waals surface area contributed by atoms with E-state index >= 15 is 0 Å². The van der Waals surface area contributed by atoms with Crippen molar-refractivity contribution in [3.63, 3.8) is 0 Å². The van der Waals surface area contributed by atoms with E-state index in [1.165, 1.54) is 17.0 Å². The number of hydrogen-bond donors (Lipinski definition) is 1. The maximum atomic E-state index is 13.0. The monoisotopic (exact) mass is 460 g/mol. The molecule has 1 amide bonds. The molecular formula is C25H24N4O3S. The number of nitrogens with one attached hydrogen (secondary N) is 1. The third-order valence-corrected chi connectivity index (χ3v) is 6.66. The average Bonchev–Trinajstić information content (AvgIpc) is 2.83. The number of aromatic nitrogens is 2. The van der Waals surface area contributed by atoms with Crippen molar-refractivity contribution in [1.82, 2.24) is 19.6 Å². The Hall–Kier alpha value is -3.62. The first kappa shape index (κ1) is 22.6. The Morgan fingerprint density at radius 3 is 2.45 bits per heavy atom. The Morgan fingerprint density at radius 1 is 0.939 bits per heavy atom. The summed E-state index contributed by atoms with van der Waals surface area (Å²) < 4.78 is 28.1. The number of amides is 1. The molecule has 0 unspecified atom stereocenters. The summed E-state index contributed by atoms with van der Waals surface area (Å²) in [7, 11) is -2.13. The number of aryl methyl sites for hydroxylation is 1. The van der Waals surface area contributed by atoms with Crippen LogP contribution < -0.4 is 4.72 Å². The SMILES string of the molecule is Cc1nc(CN(C)C(=O)c2cccc(S(=O)(=O)NCc3ccccc3)c2)nc2ccccc12. The number of hydrogen-bond acceptors (Lipinski definition) is 5. The second-order valence-electron chi connectivity index (χ2n) is 7.74. The summed E-state index contributed by atoms with van der Waals surface area (Å²) in [6.45, 7) is 2.28. The molecule has 0 bridgehead atoms. The lowest BCUT2D eigenvalue weighted by molar-refractivity contribution is 0.0781. The van der Waals surface area contributed by atoms with Crippen LogP contribution >= 0.6 is 0 Å². The van der Waals surface area contributed by atoms with Gasteiger partial charge in [-0.05, 0) is 36.8 Å². The van der Waals surface area contributed by atoms with Gasteiger partial charge in [0.05, 0.1) is 17.0 Å². The van der Waals surface area contributed by atoms with E-state index in [9.17, 15) is 13.2 Å². The van der Waals surface area contributed by atoms with Crippen LogP contribution in [0.5, 0.6) is 0 Å². The molecule has 168 valence electrons. The number of rotatable bonds is 7. The van der Waals surface area contributed by atoms with E-state index in [2.05, 4.69) is 14.7 Å². The predicted molar refractivity (Wildman–Crippen MR) is 127 cm³/mol. The van der Waals surface area contributed by atoms with Crippen molar-refractivity contribution >= 4 is 26.8 Å². The first-order chi connectivity index (χ1) is 15.8. The summed E-state index contributed by atoms with van der Waals surface area (Å²) in [6, 6.07) is 23.0. The Labute approximate surface area is 193 Å². The molecular weight excluding hydrogens is 436 g/mol. The van der Waals surface area contributed by atoms with E-state index < -0.39 is 10.0 Å². The minimum absolute atomic E-state index is 0.0375. The van der Waals surface area contributed by atoms with E-state index in [0.717, 1.165) is 22.2 Å². The second kappa shape index (κ2) is 9.48. The van der Waals surface area contributed by atoms with Gasteiger partial charge >= 0.3 is 0 Å². The van der Waals surface area contributed by atoms with Crippen molar-refractivity contribution in [3.05, 3.63) is 102 Å². The van der Waals surface area contributed by atoms with Gasteiger partial charge in [-0.1, -0.05) is 54.6 Å². The molecule has 4 rings (SSSR count). The molecule has 0 aliphatic rings. The summed E-state index contributed by atoms with van der Waals surface area (Å²) in [5.74, 6) is 0.208. The lowest BCUT2D eigenvalue weighted by Gasteiger charge is -2.17. The molecule has 8 heteroatoms. The van der Waals surface area contributed by atoms with E-state index in [4.69, 9.17) is 0 Å². The summed E-state index contributed by atoms with van der Waals surface area (Å²) in [6.07, 6.45) is 0. The number of nitrogens with zero attached hydrogens (tertiary/aromatic N) is 3. The number of para-hydroxylation sites is 1. The van der Waals surface area contributed by atoms with Crippen LogP contribution in [-0.4, -0.2) is 36.2 Å². The highest BCUT2D eigenvalue weighted by molar-refractivity contribution is 7.89. The highest BCUT2D eigenvalue weighted by Crippen LogP contribution is 2.17. The molecule has 0 aliphatic heterocycles. The molecule has 0 saturated heterocycles. The van der Waals surface area contributed by atoms with Crippen molar-refractivity contribution in [2.75, 3.05) is 7.05 Å². The van der Waals surface area contributed by atoms with Crippen molar-refractivity contribution in [3.8, 4) is 0 Å². The lowest BCUT2D eigenvalue weighted by atomic mass is 10.2. The molecule has 0 aliphatic carbocycles. The molecule has 0 saturated carbocycles. The molecule has 0 spiro atoms. The van der Waals surface area contributed by atoms with E-state index in [-0.39, 0.29) is 29.5 Å². The minimum Gasteiger partial charge on any atom is -0.334 e. The Kier molecular flexibility index (Phi) is 6.48. The molecule has 7 nitrogen and oxygen atoms in total. The lowest BCUT2D eigenvalue weighted by Crippen LogP contribution is -2.28. The zero-order valence-electron chi connectivity index (χ0n) is 18.4. The van der Waals surface area contributed by atoms with Gasteiger partial charge in [0.15, 0.2) is 0 Å². The minimum atomic E-state index is -3.77. The molecule has 3 aromatic carbocycles. The molecule has 0 radical (unpaired) electrons. The number of carbonyl (C=O) groups excluding carboxylic acids is 1. The van der Waals surface area contributed by atoms with Crippen LogP contribution in [0.1, 0.15) is 27.4 Å². The van der Waals surface area contributed by atoms with Crippen LogP contribution in [0, 0.1) is 6.92 Å². The summed E-state index contributed by atoms with van der Waals surface area (Å²) in [4.78, 5) is 23.6. The molecule has 1 N–H and O–H groups in total. The summed E-state index contributed by atoms with van der Waals surface area (Å²) in [5.41, 5.74) is 2.78. The van der Waals surface area contributed by atoms with Gasteiger partial charge in [0, 0.05) is 30.2 Å². The van der Waals surface area contributed by atoms with E-state index in [0.29, 0.717) is 5.82 Å². The molecule has 33 heavy (non-hydrogen) atoms. The zero-order valence-corrected chi connectivity index (χ0v) is 19.2. The first-order valence-corrected chi connectivity index (χ1v) is 11.9. The Bertz CT molecular complexity index is 1410. The van der Waals surface area contributed by atoms with Crippen LogP contribution in [-0.2, 0) is 23.1 Å². The van der Waals surface area contributed by atoms with Crippen LogP contribution in [0.2, 0.25) is 0 Å². The van der Waals surface area contributed by atoms with Crippen LogP contribution in [0.4, 0.5) is 0 Å². The largest absolute Gasteiger partial charge is 0.334 e. The van der Waals surface area contributed by atoms with Crippen molar-refractivity contribution in [2.45, 2.75) is 24.9 Å². The smallest absolute Gasteiger partial charge is 0.254 e. The van der Waals surface area contributed by atoms with E-state index in [1.807, 2.05) is 61.5 Å². The highest BCUT2D eigenvalue weighted by atomic mass is 32.2. The third-order valence-electron chi connectivity index (χ3n) is 5.27. The topological polar surface area (TPSA) is 92.3 Å². The first-order valence-electron chi connectivity index (χ1n) is 10.4. The second-order valence-corrected chi connectivity index (χ2v) is 9.51. The van der Waals surface area contributed by atoms with Gasteiger partial charge in [-0.2, -0.15) is 0 Å². The third kappa shape index (κ3) is 5.24. The highest BCUT2D eigenvalue weighted by Gasteiger charge is 2.19. The van der Waals surface area contributed by atoms with Crippen molar-refractivity contribution < 1.29 is 13.2 Å². The standard InChI is InChI=1S/C25H24N4O3S/c1-18-22-13-6-7-14-23(22)28-24(27-18)17-29(2)25(30)20-11-8-12-21(15-20)33(31,32)26-16-19-9-4-3-5-10-19/h3-15,26H,16-17H2,1-2H3. The maximum absolute atomic E-state index is 13.0. The van der Waals surface area contributed by atoms with Gasteiger partial charge in [-0.15, -0.1) is 0 Å². The number of carbonyl (C=O) groups is 1. The van der Waals surface area contributed by atoms with Crippen molar-refractivity contribution in [2.24, 2.45) is 0 Å². The number of benzene rings is 3. The summed E-state index contributed by atoms with van der Waals surface area (Å²) >= 11 is 0. The van der Waals surface area contributed by atoms with E-state index in [1.54, 1.807) is 19.2 Å². The fraction of sp³-hybridized carbons (Fsp3) is 0.160. The van der Waals surface area contributed by atoms with Crippen molar-refractivity contribution in [1.29, 1.82) is 0 Å². The van der Waals surface area contributed by atoms with Crippen LogP contribution in [0.15, 0.2) is 83.8 Å². The van der Waals surface area contributed by atoms with Gasteiger partial charge in [-0.25, -0.2) is 23.1 Å². The number of fused-ring (bicyclic) bond motifs is 1. The molecule has 0 atom stereocenters. The van der Waals surface area contributed by atoms with Gasteiger partial charge in [0.1, 0.15) is 5.82 Å². The molecule has 0 fully saturated rings. The Balaban J connectivity index is 1.50. The Morgan fingerprint density at radius 2 is 1.67 bits per heavy atom. The molecule has 4 aromatic rings. The molecule has 1 heterocycles. The van der Waals surface area contributed by atoms with Gasteiger partial charge < -0.3 is 4.90 Å². The quantitative estimate of drug-likeness (QED) is 0.454. The van der Waals surface area contributed by atoms with Gasteiger partial charge in [-0.3, -0.25) is 4.79 Å². The fourth-order valence-electron chi connectivity index (χ4n) is 3.52. The predicted octanol–water partition coefficient (Wildman–Crippen LogP) is 3.69.